The molecule has 1 heterocycles. The van der Waals surface area contributed by atoms with E-state index in [-0.39, 0.29) is 0 Å². The zero-order chi connectivity index (χ0) is 10.6. The molecule has 0 bridgehead atoms. The van der Waals surface area contributed by atoms with E-state index in [0.29, 0.717) is 12.3 Å². The molecular formula is C10H16N2O2. The Morgan fingerprint density at radius 1 is 1.64 bits per heavy atom. The van der Waals surface area contributed by atoms with Crippen molar-refractivity contribution in [1.29, 1.82) is 0 Å². The summed E-state index contributed by atoms with van der Waals surface area (Å²) in [6.07, 6.45) is 1.09. The first-order valence-electron chi connectivity index (χ1n) is 4.52. The summed E-state index contributed by atoms with van der Waals surface area (Å²) in [7, 11) is 3.38. The minimum Gasteiger partial charge on any atom is -0.496 e. The summed E-state index contributed by atoms with van der Waals surface area (Å²) in [5, 5.41) is 12.7. The van der Waals surface area contributed by atoms with Crippen molar-refractivity contribution < 1.29 is 9.84 Å². The van der Waals surface area contributed by atoms with Crippen LogP contribution in [0.4, 0.5) is 0 Å². The molecule has 1 atom stereocenters. The summed E-state index contributed by atoms with van der Waals surface area (Å²) in [5.74, 6) is 0.681. The molecule has 0 saturated heterocycles. The Labute approximate surface area is 83.9 Å². The maximum Gasteiger partial charge on any atom is 0.128 e. The quantitative estimate of drug-likeness (QED) is 0.742. The summed E-state index contributed by atoms with van der Waals surface area (Å²) >= 11 is 0. The van der Waals surface area contributed by atoms with Gasteiger partial charge in [0.1, 0.15) is 5.75 Å². The van der Waals surface area contributed by atoms with E-state index in [4.69, 9.17) is 4.74 Å². The minimum atomic E-state index is -0.580. The molecule has 1 aromatic rings. The number of ether oxygens (including phenoxy) is 1. The first-order chi connectivity index (χ1) is 6.70. The fraction of sp³-hybridized carbons (Fsp3) is 0.500. The van der Waals surface area contributed by atoms with Gasteiger partial charge in [-0.2, -0.15) is 0 Å². The molecule has 0 saturated carbocycles. The first kappa shape index (κ1) is 10.9. The van der Waals surface area contributed by atoms with Crippen molar-refractivity contribution in [1.82, 2.24) is 10.3 Å². The number of pyridine rings is 1. The normalized spacial score (nSPS) is 12.6. The summed E-state index contributed by atoms with van der Waals surface area (Å²) in [4.78, 5) is 4.12. The van der Waals surface area contributed by atoms with Gasteiger partial charge in [-0.15, -0.1) is 0 Å². The van der Waals surface area contributed by atoms with Gasteiger partial charge in [0.2, 0.25) is 0 Å². The standard InChI is InChI=1S/C10H16N2O2/c1-7-10(8(13)6-11-2)9(14-3)4-5-12-7/h4-5,8,11,13H,6H2,1-3H3. The number of hydrogen-bond donors (Lipinski definition) is 2. The van der Waals surface area contributed by atoms with E-state index in [1.54, 1.807) is 26.4 Å². The van der Waals surface area contributed by atoms with Crippen LogP contribution in [0, 0.1) is 6.92 Å². The molecule has 14 heavy (non-hydrogen) atoms. The number of aliphatic hydroxyl groups excluding tert-OH is 1. The monoisotopic (exact) mass is 196 g/mol. The van der Waals surface area contributed by atoms with Gasteiger partial charge in [0.25, 0.3) is 0 Å². The van der Waals surface area contributed by atoms with Crippen LogP contribution in [0.25, 0.3) is 0 Å². The molecule has 2 N–H and O–H groups in total. The van der Waals surface area contributed by atoms with E-state index in [1.165, 1.54) is 0 Å². The van der Waals surface area contributed by atoms with E-state index in [0.717, 1.165) is 11.3 Å². The number of aryl methyl sites for hydroxylation is 1. The lowest BCUT2D eigenvalue weighted by Crippen LogP contribution is -2.18. The van der Waals surface area contributed by atoms with Gasteiger partial charge in [-0.1, -0.05) is 0 Å². The van der Waals surface area contributed by atoms with Crippen LogP contribution in [0.15, 0.2) is 12.3 Å². The molecule has 4 nitrogen and oxygen atoms in total. The highest BCUT2D eigenvalue weighted by Gasteiger charge is 2.15. The average Bonchev–Trinajstić information content (AvgIpc) is 2.17. The topological polar surface area (TPSA) is 54.4 Å². The van der Waals surface area contributed by atoms with Crippen LogP contribution in [0.3, 0.4) is 0 Å². The highest BCUT2D eigenvalue weighted by Crippen LogP contribution is 2.26. The molecule has 0 aromatic carbocycles. The Bertz CT molecular complexity index is 302. The van der Waals surface area contributed by atoms with Gasteiger partial charge < -0.3 is 15.2 Å². The fourth-order valence-electron chi connectivity index (χ4n) is 1.43. The van der Waals surface area contributed by atoms with E-state index >= 15 is 0 Å². The molecule has 0 aliphatic rings. The Morgan fingerprint density at radius 3 is 2.93 bits per heavy atom. The van der Waals surface area contributed by atoms with Crippen LogP contribution in [0.1, 0.15) is 17.4 Å². The van der Waals surface area contributed by atoms with Gasteiger partial charge >= 0.3 is 0 Å². The molecule has 1 unspecified atom stereocenters. The zero-order valence-corrected chi connectivity index (χ0v) is 8.74. The molecule has 0 amide bonds. The van der Waals surface area contributed by atoms with Crippen LogP contribution in [-0.2, 0) is 0 Å². The maximum absolute atomic E-state index is 9.83. The van der Waals surface area contributed by atoms with Crippen molar-refractivity contribution in [2.24, 2.45) is 0 Å². The van der Waals surface area contributed by atoms with Gasteiger partial charge in [-0.05, 0) is 20.0 Å². The second-order valence-electron chi connectivity index (χ2n) is 3.09. The predicted octanol–water partition coefficient (Wildman–Crippen LogP) is 0.651. The molecule has 0 aliphatic heterocycles. The number of nitrogens with one attached hydrogen (secondary N) is 1. The largest absolute Gasteiger partial charge is 0.496 e. The molecule has 0 spiro atoms. The highest BCUT2D eigenvalue weighted by molar-refractivity contribution is 5.37. The zero-order valence-electron chi connectivity index (χ0n) is 8.74. The van der Waals surface area contributed by atoms with Crippen LogP contribution < -0.4 is 10.1 Å². The van der Waals surface area contributed by atoms with Crippen molar-refractivity contribution in [3.05, 3.63) is 23.5 Å². The van der Waals surface area contributed by atoms with Crippen LogP contribution in [0.5, 0.6) is 5.75 Å². The maximum atomic E-state index is 9.83. The number of hydrogen-bond acceptors (Lipinski definition) is 4. The summed E-state index contributed by atoms with van der Waals surface area (Å²) < 4.78 is 5.17. The van der Waals surface area contributed by atoms with Crippen LogP contribution in [-0.4, -0.2) is 30.8 Å². The Kier molecular flexibility index (Phi) is 3.85. The van der Waals surface area contributed by atoms with Gasteiger partial charge in [0.05, 0.1) is 13.2 Å². The van der Waals surface area contributed by atoms with E-state index in [9.17, 15) is 5.11 Å². The van der Waals surface area contributed by atoms with Crippen molar-refractivity contribution in [2.45, 2.75) is 13.0 Å². The van der Waals surface area contributed by atoms with Crippen molar-refractivity contribution in [2.75, 3.05) is 20.7 Å². The third-order valence-electron chi connectivity index (χ3n) is 2.10. The summed E-state index contributed by atoms with van der Waals surface area (Å²) in [6.45, 7) is 2.35. The number of nitrogens with zero attached hydrogens (tertiary/aromatic N) is 1. The molecule has 4 heteroatoms. The van der Waals surface area contributed by atoms with Crippen molar-refractivity contribution >= 4 is 0 Å². The number of likely N-dealkylation sites (N-methyl/N-ethyl adjacent to an activating group) is 1. The first-order valence-corrected chi connectivity index (χ1v) is 4.52. The SMILES string of the molecule is CNCC(O)c1c(OC)ccnc1C. The van der Waals surface area contributed by atoms with Gasteiger partial charge in [-0.25, -0.2) is 0 Å². The molecule has 0 fully saturated rings. The minimum absolute atomic E-state index is 0.489. The number of rotatable bonds is 4. The molecule has 78 valence electrons. The molecular weight excluding hydrogens is 180 g/mol. The molecule has 0 aliphatic carbocycles. The summed E-state index contributed by atoms with van der Waals surface area (Å²) in [5.41, 5.74) is 1.55. The summed E-state index contributed by atoms with van der Waals surface area (Å²) in [6, 6.07) is 1.75. The fourth-order valence-corrected chi connectivity index (χ4v) is 1.43. The second kappa shape index (κ2) is 4.93. The molecule has 0 radical (unpaired) electrons. The van der Waals surface area contributed by atoms with Crippen LogP contribution >= 0.6 is 0 Å². The molecule has 1 rings (SSSR count). The number of aliphatic hydroxyl groups is 1. The third kappa shape index (κ3) is 2.21. The van der Waals surface area contributed by atoms with Crippen LogP contribution in [0.2, 0.25) is 0 Å². The Balaban J connectivity index is 3.03. The third-order valence-corrected chi connectivity index (χ3v) is 2.10. The van der Waals surface area contributed by atoms with E-state index < -0.39 is 6.10 Å². The van der Waals surface area contributed by atoms with Crippen molar-refractivity contribution in [3.63, 3.8) is 0 Å². The smallest absolute Gasteiger partial charge is 0.128 e. The lowest BCUT2D eigenvalue weighted by atomic mass is 10.1. The number of methoxy groups -OCH3 is 1. The highest BCUT2D eigenvalue weighted by atomic mass is 16.5. The lowest BCUT2D eigenvalue weighted by Gasteiger charge is -2.15. The molecule has 1 aromatic heterocycles. The van der Waals surface area contributed by atoms with Gasteiger partial charge in [0.15, 0.2) is 0 Å². The van der Waals surface area contributed by atoms with Gasteiger partial charge in [0, 0.05) is 24.0 Å². The number of aromatic nitrogens is 1. The Hall–Kier alpha value is -1.13. The predicted molar refractivity (Wildman–Crippen MR) is 54.4 cm³/mol. The lowest BCUT2D eigenvalue weighted by molar-refractivity contribution is 0.172. The Morgan fingerprint density at radius 2 is 2.36 bits per heavy atom. The second-order valence-corrected chi connectivity index (χ2v) is 3.09. The van der Waals surface area contributed by atoms with Crippen molar-refractivity contribution in [3.8, 4) is 5.75 Å². The average molecular weight is 196 g/mol. The van der Waals surface area contributed by atoms with Gasteiger partial charge in [-0.3, -0.25) is 4.98 Å². The van der Waals surface area contributed by atoms with E-state index in [2.05, 4.69) is 10.3 Å². The van der Waals surface area contributed by atoms with E-state index in [1.807, 2.05) is 6.92 Å².